The first-order chi connectivity index (χ1) is 23.4. The van der Waals surface area contributed by atoms with Crippen molar-refractivity contribution in [1.29, 1.82) is 0 Å². The van der Waals surface area contributed by atoms with Crippen molar-refractivity contribution in [2.75, 3.05) is 53.1 Å². The van der Waals surface area contributed by atoms with E-state index in [1.807, 2.05) is 30.1 Å². The fraction of sp³-hybridized carbons (Fsp3) is 0.433. The zero-order chi connectivity index (χ0) is 35.3. The van der Waals surface area contributed by atoms with Crippen molar-refractivity contribution in [1.82, 2.24) is 35.9 Å². The van der Waals surface area contributed by atoms with Gasteiger partial charge in [0.05, 0.1) is 12.2 Å². The fourth-order valence-electron chi connectivity index (χ4n) is 4.58. The minimum atomic E-state index is -1.32. The van der Waals surface area contributed by atoms with E-state index >= 15 is 0 Å². The maximum Gasteiger partial charge on any atom is 0.329 e. The van der Waals surface area contributed by atoms with Crippen molar-refractivity contribution >= 4 is 47.5 Å². The summed E-state index contributed by atoms with van der Waals surface area (Å²) >= 11 is 0. The molecule has 1 aromatic heterocycles. The molecule has 4 amide bonds. The van der Waals surface area contributed by atoms with E-state index in [1.165, 1.54) is 5.56 Å². The van der Waals surface area contributed by atoms with Crippen LogP contribution in [0, 0.1) is 0 Å². The first kappa shape index (κ1) is 36.0. The summed E-state index contributed by atoms with van der Waals surface area (Å²) in [5, 5.41) is 13.4. The molecule has 0 aliphatic carbocycles. The van der Waals surface area contributed by atoms with Crippen molar-refractivity contribution in [2.45, 2.75) is 32.1 Å². The fourth-order valence-corrected chi connectivity index (χ4v) is 4.58. The van der Waals surface area contributed by atoms with Gasteiger partial charge in [0, 0.05) is 31.3 Å². The van der Waals surface area contributed by atoms with Gasteiger partial charge in [-0.2, -0.15) is 5.10 Å². The van der Waals surface area contributed by atoms with E-state index in [2.05, 4.69) is 36.0 Å². The molecule has 1 saturated heterocycles. The molecule has 2 aliphatic heterocycles. The number of esters is 4. The number of carbonyl (C=O) groups excluding carboxylic acids is 8. The average molecular weight is 686 g/mol. The normalized spacial score (nSPS) is 19.9. The van der Waals surface area contributed by atoms with Gasteiger partial charge in [0.1, 0.15) is 25.7 Å². The molecule has 0 radical (unpaired) electrons. The number of nitrogens with one attached hydrogen (secondary N) is 4. The molecule has 19 heteroatoms. The zero-order valence-corrected chi connectivity index (χ0v) is 26.5. The van der Waals surface area contributed by atoms with Crippen LogP contribution >= 0.6 is 0 Å². The molecule has 2 aliphatic rings. The van der Waals surface area contributed by atoms with Crippen LogP contribution in [0.1, 0.15) is 22.4 Å². The summed E-state index contributed by atoms with van der Waals surface area (Å²) in [6.45, 7) is -3.07. The molecule has 1 fully saturated rings. The Hall–Kier alpha value is -5.85. The summed E-state index contributed by atoms with van der Waals surface area (Å²) in [7, 11) is 2.02. The Morgan fingerprint density at radius 3 is 1.69 bits per heavy atom. The number of nitrogens with zero attached hydrogens (tertiary/aromatic N) is 3. The Kier molecular flexibility index (Phi) is 12.7. The highest BCUT2D eigenvalue weighted by atomic mass is 16.6. The Labute approximate surface area is 278 Å². The number of rotatable bonds is 4. The van der Waals surface area contributed by atoms with Gasteiger partial charge in [-0.3, -0.25) is 43.1 Å². The summed E-state index contributed by atoms with van der Waals surface area (Å²) in [4.78, 5) is 99.3. The molecule has 4 rings (SSSR count). The lowest BCUT2D eigenvalue weighted by atomic mass is 10.0. The highest BCUT2D eigenvalue weighted by Gasteiger charge is 2.25. The van der Waals surface area contributed by atoms with Crippen molar-refractivity contribution in [3.8, 4) is 0 Å². The van der Waals surface area contributed by atoms with Gasteiger partial charge in [-0.25, -0.2) is 4.79 Å². The number of ether oxygens (including phenoxy) is 4. The molecule has 0 saturated carbocycles. The van der Waals surface area contributed by atoms with Crippen molar-refractivity contribution in [3.63, 3.8) is 0 Å². The highest BCUT2D eigenvalue weighted by molar-refractivity contribution is 5.90. The third-order valence-electron chi connectivity index (χ3n) is 6.94. The molecule has 3 heterocycles. The van der Waals surface area contributed by atoms with Crippen LogP contribution in [0.4, 0.5) is 0 Å². The molecule has 1 atom stereocenters. The summed E-state index contributed by atoms with van der Waals surface area (Å²) in [6.07, 6.45) is 1.94. The summed E-state index contributed by atoms with van der Waals surface area (Å²) < 4.78 is 21.1. The maximum absolute atomic E-state index is 13.0. The molecular weight excluding hydrogens is 650 g/mol. The second-order valence-corrected chi connectivity index (χ2v) is 11.0. The van der Waals surface area contributed by atoms with E-state index in [4.69, 9.17) is 14.2 Å². The Bertz CT molecular complexity index is 1570. The highest BCUT2D eigenvalue weighted by Crippen LogP contribution is 2.20. The third kappa shape index (κ3) is 12.0. The number of amides is 4. The lowest BCUT2D eigenvalue weighted by Gasteiger charge is -2.18. The number of hydrogen-bond acceptors (Lipinski definition) is 14. The minimum Gasteiger partial charge on any atom is -0.454 e. The molecule has 2 aromatic rings. The van der Waals surface area contributed by atoms with Crippen LogP contribution in [0.5, 0.6) is 0 Å². The van der Waals surface area contributed by atoms with Gasteiger partial charge in [-0.1, -0.05) is 24.3 Å². The van der Waals surface area contributed by atoms with Gasteiger partial charge in [-0.15, -0.1) is 0 Å². The Balaban J connectivity index is 1.37. The van der Waals surface area contributed by atoms with E-state index in [0.717, 1.165) is 24.3 Å². The van der Waals surface area contributed by atoms with Crippen LogP contribution in [-0.4, -0.2) is 121 Å². The predicted molar refractivity (Wildman–Crippen MR) is 161 cm³/mol. The SMILES string of the molecule is CN1Cc2cn(Cc3ccc(CC4NC(=O)COC(=O)CNC(=O)COC(=O)CNC(=O)COC(=O)CNC(=O)COC4=O)cc3)nc2C1. The molecule has 1 aromatic carbocycles. The standard InChI is InChI=1S/C30H35N7O12/c1-36-11-20-12-37(35-22(20)13-36)10-19-4-2-18(3-5-19)6-21-30(45)49-16-25(40)33-8-28(43)47-14-23(38)31-7-27(42)46-15-24(39)32-9-29(44)48-17-26(41)34-21/h2-5,12,21H,6-11,13-17H2,1H3,(H,31,38)(H,32,39)(H,33,40)(H,34,41). The van der Waals surface area contributed by atoms with Crippen LogP contribution < -0.4 is 21.3 Å². The van der Waals surface area contributed by atoms with Crippen molar-refractivity contribution < 1.29 is 57.3 Å². The number of hydrogen-bond donors (Lipinski definition) is 4. The topological polar surface area (TPSA) is 243 Å². The van der Waals surface area contributed by atoms with Gasteiger partial charge in [-0.05, 0) is 18.2 Å². The van der Waals surface area contributed by atoms with Crippen molar-refractivity contribution in [3.05, 3.63) is 52.8 Å². The molecule has 0 bridgehead atoms. The average Bonchev–Trinajstić information content (AvgIpc) is 3.61. The minimum absolute atomic E-state index is 0.0635. The molecule has 1 unspecified atom stereocenters. The van der Waals surface area contributed by atoms with Gasteiger partial charge >= 0.3 is 23.9 Å². The molecule has 0 spiro atoms. The Morgan fingerprint density at radius 1 is 0.673 bits per heavy atom. The van der Waals surface area contributed by atoms with E-state index in [-0.39, 0.29) is 6.42 Å². The van der Waals surface area contributed by atoms with Gasteiger partial charge in [0.2, 0.25) is 0 Å². The Morgan fingerprint density at radius 2 is 1.16 bits per heavy atom. The number of fused-ring (bicyclic) bond motifs is 1. The first-order valence-electron chi connectivity index (χ1n) is 15.0. The zero-order valence-electron chi connectivity index (χ0n) is 26.5. The number of cyclic esters (lactones) is 4. The van der Waals surface area contributed by atoms with Crippen molar-refractivity contribution in [2.24, 2.45) is 0 Å². The lowest BCUT2D eigenvalue weighted by Crippen LogP contribution is -2.46. The lowest BCUT2D eigenvalue weighted by molar-refractivity contribution is -0.154. The van der Waals surface area contributed by atoms with Crippen LogP contribution in [-0.2, 0) is 83.4 Å². The number of benzene rings is 1. The van der Waals surface area contributed by atoms with Gasteiger partial charge in [0.15, 0.2) is 26.4 Å². The number of carbonyl (C=O) groups is 8. The largest absolute Gasteiger partial charge is 0.454 e. The summed E-state index contributed by atoms with van der Waals surface area (Å²) in [6, 6.07) is 5.87. The monoisotopic (exact) mass is 685 g/mol. The van der Waals surface area contributed by atoms with Crippen LogP contribution in [0.3, 0.4) is 0 Å². The van der Waals surface area contributed by atoms with E-state index in [1.54, 1.807) is 12.1 Å². The molecule has 49 heavy (non-hydrogen) atoms. The number of aromatic nitrogens is 2. The smallest absolute Gasteiger partial charge is 0.329 e. The van der Waals surface area contributed by atoms with Crippen LogP contribution in [0.15, 0.2) is 30.5 Å². The summed E-state index contributed by atoms with van der Waals surface area (Å²) in [5.41, 5.74) is 3.77. The molecule has 19 nitrogen and oxygen atoms in total. The van der Waals surface area contributed by atoms with Gasteiger partial charge in [0.25, 0.3) is 23.6 Å². The third-order valence-corrected chi connectivity index (χ3v) is 6.94. The van der Waals surface area contributed by atoms with Gasteiger partial charge < -0.3 is 40.2 Å². The molecular formula is C30H35N7O12. The van der Waals surface area contributed by atoms with Crippen LogP contribution in [0.25, 0.3) is 0 Å². The first-order valence-corrected chi connectivity index (χ1v) is 15.0. The predicted octanol–water partition coefficient (Wildman–Crippen LogP) is -3.56. The summed E-state index contributed by atoms with van der Waals surface area (Å²) in [5.74, 6) is -7.51. The second-order valence-electron chi connectivity index (χ2n) is 11.0. The quantitative estimate of drug-likeness (QED) is 0.180. The van der Waals surface area contributed by atoms with E-state index in [9.17, 15) is 38.4 Å². The van der Waals surface area contributed by atoms with Crippen LogP contribution in [0.2, 0.25) is 0 Å². The second kappa shape index (κ2) is 17.3. The molecule has 262 valence electrons. The maximum atomic E-state index is 13.0. The van der Waals surface area contributed by atoms with E-state index in [0.29, 0.717) is 12.1 Å². The van der Waals surface area contributed by atoms with E-state index < -0.39 is 99.6 Å². The molecule has 4 N–H and O–H groups in total.